The smallest absolute Gasteiger partial charge is 0.212 e. The maximum Gasteiger partial charge on any atom is 0.212 e. The lowest BCUT2D eigenvalue weighted by Gasteiger charge is -2.10. The van der Waals surface area contributed by atoms with Gasteiger partial charge in [0.2, 0.25) is 5.88 Å². The van der Waals surface area contributed by atoms with Crippen molar-refractivity contribution in [1.29, 1.82) is 0 Å². The molecule has 2 aromatic heterocycles. The molecule has 0 fully saturated rings. The number of hydrogen-bond donors (Lipinski definition) is 2. The van der Waals surface area contributed by atoms with E-state index in [0.717, 1.165) is 10.4 Å². The van der Waals surface area contributed by atoms with E-state index in [4.69, 9.17) is 4.74 Å². The van der Waals surface area contributed by atoms with E-state index < -0.39 is 6.10 Å². The highest BCUT2D eigenvalue weighted by atomic mass is 32.1. The van der Waals surface area contributed by atoms with Crippen LogP contribution in [0.1, 0.15) is 16.5 Å². The van der Waals surface area contributed by atoms with Crippen molar-refractivity contribution in [2.75, 3.05) is 13.7 Å². The van der Waals surface area contributed by atoms with Crippen LogP contribution in [-0.2, 0) is 6.54 Å². The number of pyridine rings is 1. The molecule has 1 unspecified atom stereocenters. The summed E-state index contributed by atoms with van der Waals surface area (Å²) in [7, 11) is 1.59. The second-order valence-corrected chi connectivity index (χ2v) is 4.85. The fourth-order valence-corrected chi connectivity index (χ4v) is 2.28. The number of nitrogens with zero attached hydrogens (tertiary/aromatic N) is 1. The fourth-order valence-electron chi connectivity index (χ4n) is 1.57. The van der Waals surface area contributed by atoms with Crippen molar-refractivity contribution in [1.82, 2.24) is 10.3 Å². The molecule has 4 nitrogen and oxygen atoms in total. The van der Waals surface area contributed by atoms with Crippen molar-refractivity contribution in [2.45, 2.75) is 12.6 Å². The van der Waals surface area contributed by atoms with Crippen molar-refractivity contribution < 1.29 is 9.84 Å². The molecule has 5 heteroatoms. The van der Waals surface area contributed by atoms with Crippen molar-refractivity contribution in [3.63, 3.8) is 0 Å². The van der Waals surface area contributed by atoms with Crippen molar-refractivity contribution in [3.8, 4) is 5.88 Å². The number of thiophene rings is 1. The zero-order valence-corrected chi connectivity index (χ0v) is 11.0. The van der Waals surface area contributed by atoms with Crippen LogP contribution in [0, 0.1) is 0 Å². The quantitative estimate of drug-likeness (QED) is 0.837. The lowest BCUT2D eigenvalue weighted by Crippen LogP contribution is -2.20. The molecule has 1 atom stereocenters. The lowest BCUT2D eigenvalue weighted by molar-refractivity contribution is 0.178. The van der Waals surface area contributed by atoms with Crippen LogP contribution in [0.3, 0.4) is 0 Å². The second-order valence-electron chi connectivity index (χ2n) is 3.87. The SMILES string of the molecule is COc1ccc(CNCC(O)c2cccs2)cn1. The van der Waals surface area contributed by atoms with Gasteiger partial charge in [0.1, 0.15) is 6.10 Å². The molecule has 0 aromatic carbocycles. The van der Waals surface area contributed by atoms with Crippen LogP contribution in [0.15, 0.2) is 35.8 Å². The van der Waals surface area contributed by atoms with Gasteiger partial charge in [-0.3, -0.25) is 0 Å². The van der Waals surface area contributed by atoms with Crippen LogP contribution in [0.4, 0.5) is 0 Å². The molecule has 0 saturated carbocycles. The Morgan fingerprint density at radius 3 is 2.94 bits per heavy atom. The molecule has 0 bridgehead atoms. The summed E-state index contributed by atoms with van der Waals surface area (Å²) in [6.07, 6.45) is 1.32. The summed E-state index contributed by atoms with van der Waals surface area (Å²) in [4.78, 5) is 5.10. The van der Waals surface area contributed by atoms with Crippen molar-refractivity contribution >= 4 is 11.3 Å². The monoisotopic (exact) mass is 264 g/mol. The largest absolute Gasteiger partial charge is 0.481 e. The first-order valence-electron chi connectivity index (χ1n) is 5.70. The molecule has 18 heavy (non-hydrogen) atoms. The summed E-state index contributed by atoms with van der Waals surface area (Å²) in [5, 5.41) is 15.0. The van der Waals surface area contributed by atoms with Gasteiger partial charge in [0.05, 0.1) is 7.11 Å². The Kier molecular flexibility index (Phi) is 4.69. The van der Waals surface area contributed by atoms with E-state index in [1.807, 2.05) is 29.6 Å². The summed E-state index contributed by atoms with van der Waals surface area (Å²) >= 11 is 1.56. The Hall–Kier alpha value is -1.43. The number of methoxy groups -OCH3 is 1. The minimum Gasteiger partial charge on any atom is -0.481 e. The Bertz CT molecular complexity index is 456. The van der Waals surface area contributed by atoms with Gasteiger partial charge in [-0.05, 0) is 17.0 Å². The number of rotatable bonds is 6. The summed E-state index contributed by atoms with van der Waals surface area (Å²) < 4.78 is 4.99. The first-order chi connectivity index (χ1) is 8.79. The maximum absolute atomic E-state index is 9.88. The van der Waals surface area contributed by atoms with Gasteiger partial charge in [-0.25, -0.2) is 4.98 Å². The minimum atomic E-state index is -0.448. The zero-order valence-electron chi connectivity index (χ0n) is 10.2. The maximum atomic E-state index is 9.88. The zero-order chi connectivity index (χ0) is 12.8. The Balaban J connectivity index is 1.77. The molecule has 2 N–H and O–H groups in total. The van der Waals surface area contributed by atoms with E-state index in [9.17, 15) is 5.11 Å². The Morgan fingerprint density at radius 1 is 1.44 bits per heavy atom. The van der Waals surface area contributed by atoms with Crippen LogP contribution in [0.2, 0.25) is 0 Å². The van der Waals surface area contributed by atoms with E-state index >= 15 is 0 Å². The summed E-state index contributed by atoms with van der Waals surface area (Å²) in [5.41, 5.74) is 1.06. The average Bonchev–Trinajstić information content (AvgIpc) is 2.93. The van der Waals surface area contributed by atoms with Gasteiger partial charge in [-0.2, -0.15) is 0 Å². The summed E-state index contributed by atoms with van der Waals surface area (Å²) in [6, 6.07) is 7.66. The minimum absolute atomic E-state index is 0.448. The Morgan fingerprint density at radius 2 is 2.33 bits per heavy atom. The number of hydrogen-bond acceptors (Lipinski definition) is 5. The van der Waals surface area contributed by atoms with Crippen LogP contribution in [-0.4, -0.2) is 23.7 Å². The fraction of sp³-hybridized carbons (Fsp3) is 0.308. The van der Waals surface area contributed by atoms with E-state index in [1.165, 1.54) is 0 Å². The molecule has 2 heterocycles. The van der Waals surface area contributed by atoms with Gasteiger partial charge >= 0.3 is 0 Å². The van der Waals surface area contributed by atoms with E-state index in [0.29, 0.717) is 19.0 Å². The number of aliphatic hydroxyl groups is 1. The van der Waals surface area contributed by atoms with Crippen LogP contribution in [0.5, 0.6) is 5.88 Å². The molecule has 0 saturated heterocycles. The predicted molar refractivity (Wildman–Crippen MR) is 71.8 cm³/mol. The highest BCUT2D eigenvalue weighted by Crippen LogP contribution is 2.17. The molecule has 2 rings (SSSR count). The molecule has 0 radical (unpaired) electrons. The third-order valence-corrected chi connectivity index (χ3v) is 3.52. The first-order valence-corrected chi connectivity index (χ1v) is 6.58. The molecule has 0 aliphatic heterocycles. The Labute approximate surface area is 110 Å². The molecular formula is C13H16N2O2S. The second kappa shape index (κ2) is 6.49. The summed E-state index contributed by atoms with van der Waals surface area (Å²) in [6.45, 7) is 1.21. The molecule has 0 spiro atoms. The molecule has 2 aromatic rings. The average molecular weight is 264 g/mol. The van der Waals surface area contributed by atoms with E-state index in [1.54, 1.807) is 24.6 Å². The van der Waals surface area contributed by atoms with Gasteiger partial charge in [-0.15, -0.1) is 11.3 Å². The van der Waals surface area contributed by atoms with Crippen LogP contribution in [0.25, 0.3) is 0 Å². The van der Waals surface area contributed by atoms with Crippen LogP contribution < -0.4 is 10.1 Å². The van der Waals surface area contributed by atoms with E-state index in [2.05, 4.69) is 10.3 Å². The molecule has 0 amide bonds. The number of aliphatic hydroxyl groups excluding tert-OH is 1. The molecule has 0 aliphatic carbocycles. The van der Waals surface area contributed by atoms with Gasteiger partial charge in [0, 0.05) is 30.2 Å². The van der Waals surface area contributed by atoms with E-state index in [-0.39, 0.29) is 0 Å². The molecule has 96 valence electrons. The van der Waals surface area contributed by atoms with Gasteiger partial charge < -0.3 is 15.2 Å². The number of nitrogens with one attached hydrogen (secondary N) is 1. The number of aromatic nitrogens is 1. The van der Waals surface area contributed by atoms with Gasteiger partial charge in [-0.1, -0.05) is 12.1 Å². The van der Waals surface area contributed by atoms with Crippen molar-refractivity contribution in [3.05, 3.63) is 46.3 Å². The third-order valence-electron chi connectivity index (χ3n) is 2.55. The standard InChI is InChI=1S/C13H16N2O2S/c1-17-13-5-4-10(8-15-13)7-14-9-11(16)12-3-2-6-18-12/h2-6,8,11,14,16H,7,9H2,1H3. The first kappa shape index (κ1) is 13.0. The predicted octanol–water partition coefficient (Wildman–Crippen LogP) is 1.97. The summed E-state index contributed by atoms with van der Waals surface area (Å²) in [5.74, 6) is 0.609. The highest BCUT2D eigenvalue weighted by Gasteiger charge is 2.07. The molecule has 0 aliphatic rings. The highest BCUT2D eigenvalue weighted by molar-refractivity contribution is 7.10. The normalized spacial score (nSPS) is 12.3. The van der Waals surface area contributed by atoms with Crippen LogP contribution >= 0.6 is 11.3 Å². The van der Waals surface area contributed by atoms with Gasteiger partial charge in [0.15, 0.2) is 0 Å². The van der Waals surface area contributed by atoms with Gasteiger partial charge in [0.25, 0.3) is 0 Å². The molecular weight excluding hydrogens is 248 g/mol. The van der Waals surface area contributed by atoms with Crippen molar-refractivity contribution in [2.24, 2.45) is 0 Å². The topological polar surface area (TPSA) is 54.4 Å². The lowest BCUT2D eigenvalue weighted by atomic mass is 10.2. The third kappa shape index (κ3) is 3.53. The number of ether oxygens (including phenoxy) is 1.